The Balaban J connectivity index is 2.26. The molecule has 19 heavy (non-hydrogen) atoms. The molecule has 0 radical (unpaired) electrons. The zero-order valence-corrected chi connectivity index (χ0v) is 12.5. The summed E-state index contributed by atoms with van der Waals surface area (Å²) in [5.41, 5.74) is 0.168. The van der Waals surface area contributed by atoms with Gasteiger partial charge in [-0.15, -0.1) is 0 Å². The molecule has 0 bridgehead atoms. The second-order valence-electron chi connectivity index (χ2n) is 3.62. The van der Waals surface area contributed by atoms with Crippen LogP contribution in [0.3, 0.4) is 0 Å². The molecule has 6 heteroatoms. The van der Waals surface area contributed by atoms with Crippen LogP contribution >= 0.6 is 39.1 Å². The van der Waals surface area contributed by atoms with E-state index in [-0.39, 0.29) is 5.56 Å². The highest BCUT2D eigenvalue weighted by Crippen LogP contribution is 2.31. The quantitative estimate of drug-likeness (QED) is 0.812. The van der Waals surface area contributed by atoms with Gasteiger partial charge in [0.1, 0.15) is 11.5 Å². The molecule has 0 aliphatic rings. The topological polar surface area (TPSA) is 46.5 Å². The predicted octanol–water partition coefficient (Wildman–Crippen LogP) is 5.25. The van der Waals surface area contributed by atoms with Crippen LogP contribution in [0.25, 0.3) is 0 Å². The van der Waals surface area contributed by atoms with Crippen LogP contribution in [0.5, 0.6) is 11.5 Å². The van der Waals surface area contributed by atoms with Gasteiger partial charge in [-0.25, -0.2) is 4.79 Å². The van der Waals surface area contributed by atoms with Gasteiger partial charge in [0.15, 0.2) is 0 Å². The highest BCUT2D eigenvalue weighted by Gasteiger charge is 2.09. The summed E-state index contributed by atoms with van der Waals surface area (Å²) >= 11 is 14.9. The van der Waals surface area contributed by atoms with Gasteiger partial charge in [-0.1, -0.05) is 23.2 Å². The van der Waals surface area contributed by atoms with Gasteiger partial charge in [-0.05, 0) is 46.3 Å². The lowest BCUT2D eigenvalue weighted by Crippen LogP contribution is -1.97. The summed E-state index contributed by atoms with van der Waals surface area (Å²) in [6.07, 6.45) is 0. The van der Waals surface area contributed by atoms with Crippen molar-refractivity contribution in [1.29, 1.82) is 0 Å². The fourth-order valence-corrected chi connectivity index (χ4v) is 2.22. The third-order valence-corrected chi connectivity index (χ3v) is 3.69. The van der Waals surface area contributed by atoms with E-state index < -0.39 is 5.97 Å². The molecule has 1 N–H and O–H groups in total. The maximum Gasteiger partial charge on any atom is 0.336 e. The Bertz CT molecular complexity index is 644. The summed E-state index contributed by atoms with van der Waals surface area (Å²) in [6, 6.07) is 9.48. The molecular weight excluding hydrogens is 355 g/mol. The molecule has 2 aromatic rings. The van der Waals surface area contributed by atoms with Gasteiger partial charge in [0.25, 0.3) is 0 Å². The van der Waals surface area contributed by atoms with Crippen molar-refractivity contribution < 1.29 is 14.6 Å². The Morgan fingerprint density at radius 3 is 2.26 bits per heavy atom. The average Bonchev–Trinajstić information content (AvgIpc) is 2.33. The molecule has 0 aliphatic heterocycles. The number of benzene rings is 2. The van der Waals surface area contributed by atoms with Crippen molar-refractivity contribution in [3.63, 3.8) is 0 Å². The van der Waals surface area contributed by atoms with E-state index in [1.807, 2.05) is 0 Å². The molecule has 0 atom stereocenters. The maximum atomic E-state index is 10.9. The molecule has 2 aromatic carbocycles. The number of aromatic carboxylic acids is 1. The largest absolute Gasteiger partial charge is 0.478 e. The van der Waals surface area contributed by atoms with Crippen LogP contribution in [0, 0.1) is 0 Å². The zero-order valence-electron chi connectivity index (χ0n) is 9.36. The lowest BCUT2D eigenvalue weighted by atomic mass is 10.2. The Labute approximate surface area is 127 Å². The smallest absolute Gasteiger partial charge is 0.336 e. The molecule has 0 saturated carbocycles. The highest BCUT2D eigenvalue weighted by molar-refractivity contribution is 9.10. The maximum absolute atomic E-state index is 10.9. The Morgan fingerprint density at radius 2 is 1.68 bits per heavy atom. The number of hydrogen-bond donors (Lipinski definition) is 1. The van der Waals surface area contributed by atoms with Crippen LogP contribution < -0.4 is 4.74 Å². The van der Waals surface area contributed by atoms with Gasteiger partial charge < -0.3 is 9.84 Å². The fraction of sp³-hybridized carbons (Fsp3) is 0. The molecule has 0 aliphatic carbocycles. The zero-order chi connectivity index (χ0) is 14.0. The summed E-state index contributed by atoms with van der Waals surface area (Å²) in [4.78, 5) is 10.9. The monoisotopic (exact) mass is 360 g/mol. The van der Waals surface area contributed by atoms with Crippen molar-refractivity contribution in [3.8, 4) is 11.5 Å². The third kappa shape index (κ3) is 3.41. The number of carbonyl (C=O) groups is 1. The van der Waals surface area contributed by atoms with Gasteiger partial charge in [-0.2, -0.15) is 0 Å². The van der Waals surface area contributed by atoms with E-state index >= 15 is 0 Å². The van der Waals surface area contributed by atoms with E-state index in [9.17, 15) is 4.79 Å². The minimum Gasteiger partial charge on any atom is -0.478 e. The van der Waals surface area contributed by atoms with Crippen LogP contribution in [-0.2, 0) is 0 Å². The second kappa shape index (κ2) is 5.82. The SMILES string of the molecule is O=C(O)c1ccc(Oc2ccc(Cl)c(Cl)c2)cc1Br. The van der Waals surface area contributed by atoms with Crippen LogP contribution in [0.4, 0.5) is 0 Å². The molecule has 0 aromatic heterocycles. The standard InChI is InChI=1S/C13H7BrCl2O3/c14-10-5-7(1-3-9(10)13(17)18)19-8-2-4-11(15)12(16)6-8/h1-6H,(H,17,18). The average molecular weight is 362 g/mol. The molecule has 0 amide bonds. The lowest BCUT2D eigenvalue weighted by Gasteiger charge is -2.08. The van der Waals surface area contributed by atoms with Gasteiger partial charge in [0.05, 0.1) is 15.6 Å². The van der Waals surface area contributed by atoms with E-state index in [0.717, 1.165) is 0 Å². The number of carboxylic acids is 1. The van der Waals surface area contributed by atoms with Gasteiger partial charge in [-0.3, -0.25) is 0 Å². The predicted molar refractivity (Wildman–Crippen MR) is 77.6 cm³/mol. The van der Waals surface area contributed by atoms with Crippen LogP contribution in [-0.4, -0.2) is 11.1 Å². The molecule has 0 spiro atoms. The first kappa shape index (κ1) is 14.2. The van der Waals surface area contributed by atoms with Gasteiger partial charge in [0.2, 0.25) is 0 Å². The first-order valence-electron chi connectivity index (χ1n) is 5.13. The minimum atomic E-state index is -1.01. The van der Waals surface area contributed by atoms with Crippen molar-refractivity contribution in [2.75, 3.05) is 0 Å². The van der Waals surface area contributed by atoms with Gasteiger partial charge >= 0.3 is 5.97 Å². The number of ether oxygens (including phenoxy) is 1. The molecule has 98 valence electrons. The Morgan fingerprint density at radius 1 is 1.05 bits per heavy atom. The van der Waals surface area contributed by atoms with Gasteiger partial charge in [0, 0.05) is 10.5 Å². The fourth-order valence-electron chi connectivity index (χ4n) is 1.41. The lowest BCUT2D eigenvalue weighted by molar-refractivity contribution is 0.0696. The molecule has 0 saturated heterocycles. The number of hydrogen-bond acceptors (Lipinski definition) is 2. The van der Waals surface area contributed by atoms with E-state index in [4.69, 9.17) is 33.0 Å². The molecular formula is C13H7BrCl2O3. The van der Waals surface area contributed by atoms with E-state index in [1.54, 1.807) is 30.3 Å². The normalized spacial score (nSPS) is 10.3. The summed E-state index contributed by atoms with van der Waals surface area (Å²) in [6.45, 7) is 0. The molecule has 2 rings (SSSR count). The Hall–Kier alpha value is -1.23. The minimum absolute atomic E-state index is 0.168. The van der Waals surface area contributed by atoms with Crippen molar-refractivity contribution in [3.05, 3.63) is 56.5 Å². The van der Waals surface area contributed by atoms with Crippen molar-refractivity contribution in [2.24, 2.45) is 0 Å². The number of rotatable bonds is 3. The van der Waals surface area contributed by atoms with E-state index in [2.05, 4.69) is 15.9 Å². The molecule has 0 unspecified atom stereocenters. The molecule has 0 heterocycles. The summed E-state index contributed by atoms with van der Waals surface area (Å²) in [5.74, 6) is 0.00704. The van der Waals surface area contributed by atoms with Crippen molar-refractivity contribution in [2.45, 2.75) is 0 Å². The number of carboxylic acid groups (broad SMARTS) is 1. The first-order chi connectivity index (χ1) is 8.97. The summed E-state index contributed by atoms with van der Waals surface area (Å²) in [7, 11) is 0. The summed E-state index contributed by atoms with van der Waals surface area (Å²) < 4.78 is 6.01. The van der Waals surface area contributed by atoms with Crippen molar-refractivity contribution >= 4 is 45.1 Å². The van der Waals surface area contributed by atoms with Crippen LogP contribution in [0.2, 0.25) is 10.0 Å². The molecule has 0 fully saturated rings. The van der Waals surface area contributed by atoms with Crippen molar-refractivity contribution in [1.82, 2.24) is 0 Å². The van der Waals surface area contributed by atoms with E-state index in [1.165, 1.54) is 6.07 Å². The van der Waals surface area contributed by atoms with E-state index in [0.29, 0.717) is 26.0 Å². The third-order valence-electron chi connectivity index (χ3n) is 2.30. The highest BCUT2D eigenvalue weighted by atomic mass is 79.9. The Kier molecular flexibility index (Phi) is 4.34. The van der Waals surface area contributed by atoms with Crippen LogP contribution in [0.15, 0.2) is 40.9 Å². The molecule has 3 nitrogen and oxygen atoms in total. The summed E-state index contributed by atoms with van der Waals surface area (Å²) in [5, 5.41) is 9.74. The first-order valence-corrected chi connectivity index (χ1v) is 6.68. The number of halogens is 3. The van der Waals surface area contributed by atoms with Crippen LogP contribution in [0.1, 0.15) is 10.4 Å². The second-order valence-corrected chi connectivity index (χ2v) is 5.29.